The predicted octanol–water partition coefficient (Wildman–Crippen LogP) is 3.03. The lowest BCUT2D eigenvalue weighted by Gasteiger charge is -2.01. The van der Waals surface area contributed by atoms with Crippen molar-refractivity contribution in [2.24, 2.45) is 5.10 Å². The first-order chi connectivity index (χ1) is 7.17. The van der Waals surface area contributed by atoms with Crippen LogP contribution in [-0.4, -0.2) is 5.71 Å². The van der Waals surface area contributed by atoms with E-state index in [0.717, 1.165) is 8.95 Å². The summed E-state index contributed by atoms with van der Waals surface area (Å²) in [5.41, 5.74) is 3.08. The fraction of sp³-hybridized carbons (Fsp3) is 0. The van der Waals surface area contributed by atoms with Crippen LogP contribution < -0.4 is 5.43 Å². The monoisotopic (exact) mass is 326 g/mol. The first kappa shape index (κ1) is 11.7. The number of benzene rings is 1. The molecule has 74 valence electrons. The summed E-state index contributed by atoms with van der Waals surface area (Å²) in [5.74, 6) is 0. The molecule has 0 aliphatic rings. The van der Waals surface area contributed by atoms with Crippen molar-refractivity contribution in [2.45, 2.75) is 0 Å². The first-order valence-electron chi connectivity index (χ1n) is 3.76. The minimum Gasteiger partial charge on any atom is -0.276 e. The molecule has 1 aromatic carbocycles. The summed E-state index contributed by atoms with van der Waals surface area (Å²) in [5, 5.41) is 20.5. The van der Waals surface area contributed by atoms with Gasteiger partial charge in [-0.3, -0.25) is 5.43 Å². The maximum absolute atomic E-state index is 8.44. The van der Waals surface area contributed by atoms with Gasteiger partial charge >= 0.3 is 0 Å². The summed E-state index contributed by atoms with van der Waals surface area (Å²) in [6, 6.07) is 8.67. The molecule has 0 atom stereocenters. The third kappa shape index (κ3) is 3.35. The van der Waals surface area contributed by atoms with Gasteiger partial charge in [0.2, 0.25) is 5.71 Å². The highest BCUT2D eigenvalue weighted by Gasteiger charge is 1.98. The maximum Gasteiger partial charge on any atom is 0.237 e. The van der Waals surface area contributed by atoms with E-state index in [1.807, 2.05) is 6.07 Å². The van der Waals surface area contributed by atoms with E-state index >= 15 is 0 Å². The highest BCUT2D eigenvalue weighted by Crippen LogP contribution is 2.25. The third-order valence-corrected chi connectivity index (χ3v) is 3.31. The molecular formula is C9H4Br2N4. The molecule has 0 amide bonds. The van der Waals surface area contributed by atoms with Crippen LogP contribution in [0.1, 0.15) is 0 Å². The number of anilines is 1. The summed E-state index contributed by atoms with van der Waals surface area (Å²) in [7, 11) is 0. The molecule has 0 saturated carbocycles. The highest BCUT2D eigenvalue weighted by molar-refractivity contribution is 9.13. The number of nitrogens with one attached hydrogen (secondary N) is 1. The van der Waals surface area contributed by atoms with Crippen molar-refractivity contribution in [2.75, 3.05) is 5.43 Å². The number of nitrogens with zero attached hydrogens (tertiary/aromatic N) is 3. The van der Waals surface area contributed by atoms with Crippen molar-refractivity contribution in [3.05, 3.63) is 27.1 Å². The molecule has 0 saturated heterocycles. The summed E-state index contributed by atoms with van der Waals surface area (Å²) < 4.78 is 1.77. The minimum absolute atomic E-state index is 0.214. The van der Waals surface area contributed by atoms with E-state index in [1.165, 1.54) is 0 Å². The molecule has 1 rings (SSSR count). The van der Waals surface area contributed by atoms with Gasteiger partial charge in [0.05, 0.1) is 5.69 Å². The van der Waals surface area contributed by atoms with Crippen LogP contribution in [0.5, 0.6) is 0 Å². The van der Waals surface area contributed by atoms with Gasteiger partial charge in [0, 0.05) is 8.95 Å². The van der Waals surface area contributed by atoms with Crippen LogP contribution in [0.4, 0.5) is 5.69 Å². The summed E-state index contributed by atoms with van der Waals surface area (Å²) in [6.07, 6.45) is 0. The van der Waals surface area contributed by atoms with E-state index in [1.54, 1.807) is 24.3 Å². The fourth-order valence-electron chi connectivity index (χ4n) is 0.761. The van der Waals surface area contributed by atoms with Crippen molar-refractivity contribution in [1.82, 2.24) is 0 Å². The Morgan fingerprint density at radius 3 is 2.40 bits per heavy atom. The molecular weight excluding hydrogens is 324 g/mol. The van der Waals surface area contributed by atoms with Crippen molar-refractivity contribution < 1.29 is 0 Å². The molecule has 1 N–H and O–H groups in total. The summed E-state index contributed by atoms with van der Waals surface area (Å²) in [6.45, 7) is 0. The van der Waals surface area contributed by atoms with Crippen molar-refractivity contribution in [3.8, 4) is 12.1 Å². The Morgan fingerprint density at radius 2 is 1.87 bits per heavy atom. The quantitative estimate of drug-likeness (QED) is 0.670. The van der Waals surface area contributed by atoms with Crippen LogP contribution >= 0.6 is 31.9 Å². The van der Waals surface area contributed by atoms with Crippen molar-refractivity contribution in [1.29, 1.82) is 10.5 Å². The number of hydrogen-bond donors (Lipinski definition) is 1. The van der Waals surface area contributed by atoms with Crippen LogP contribution in [-0.2, 0) is 0 Å². The molecule has 0 heterocycles. The van der Waals surface area contributed by atoms with E-state index in [0.29, 0.717) is 5.69 Å². The van der Waals surface area contributed by atoms with E-state index in [9.17, 15) is 0 Å². The summed E-state index contributed by atoms with van der Waals surface area (Å²) in [4.78, 5) is 0. The van der Waals surface area contributed by atoms with Gasteiger partial charge in [-0.15, -0.1) is 0 Å². The standard InChI is InChI=1S/C9H4Br2N4/c10-8-2-1-6(3-9(8)11)14-15-7(4-12)5-13/h1-3,14H. The molecule has 0 aliphatic heterocycles. The third-order valence-electron chi connectivity index (χ3n) is 1.43. The van der Waals surface area contributed by atoms with Gasteiger partial charge in [-0.1, -0.05) is 0 Å². The molecule has 0 unspecified atom stereocenters. The number of hydrazone groups is 1. The van der Waals surface area contributed by atoms with Crippen LogP contribution in [0.25, 0.3) is 0 Å². The van der Waals surface area contributed by atoms with E-state index < -0.39 is 0 Å². The second-order valence-corrected chi connectivity index (χ2v) is 4.13. The van der Waals surface area contributed by atoms with Crippen LogP contribution in [0, 0.1) is 22.7 Å². The molecule has 0 bridgehead atoms. The van der Waals surface area contributed by atoms with E-state index in [2.05, 4.69) is 42.4 Å². The molecule has 0 fully saturated rings. The molecule has 15 heavy (non-hydrogen) atoms. The molecule has 0 spiro atoms. The Kier molecular flexibility index (Phi) is 4.29. The SMILES string of the molecule is N#CC(C#N)=NNc1ccc(Br)c(Br)c1. The Hall–Kier alpha value is -1.37. The predicted molar refractivity (Wildman–Crippen MR) is 64.1 cm³/mol. The van der Waals surface area contributed by atoms with E-state index in [-0.39, 0.29) is 5.71 Å². The van der Waals surface area contributed by atoms with Gasteiger partial charge in [0.25, 0.3) is 0 Å². The fourth-order valence-corrected chi connectivity index (χ4v) is 1.39. The smallest absolute Gasteiger partial charge is 0.237 e. The van der Waals surface area contributed by atoms with Crippen molar-refractivity contribution in [3.63, 3.8) is 0 Å². The first-order valence-corrected chi connectivity index (χ1v) is 5.35. The second kappa shape index (κ2) is 5.50. The molecule has 0 aromatic heterocycles. The zero-order valence-corrected chi connectivity index (χ0v) is 10.5. The largest absolute Gasteiger partial charge is 0.276 e. The molecule has 4 nitrogen and oxygen atoms in total. The van der Waals surface area contributed by atoms with E-state index in [4.69, 9.17) is 10.5 Å². The number of hydrogen-bond acceptors (Lipinski definition) is 4. The lowest BCUT2D eigenvalue weighted by Crippen LogP contribution is -1.96. The Morgan fingerprint density at radius 1 is 1.20 bits per heavy atom. The lowest BCUT2D eigenvalue weighted by molar-refractivity contribution is 1.33. The second-order valence-electron chi connectivity index (χ2n) is 2.42. The Labute approximate surface area is 103 Å². The van der Waals surface area contributed by atoms with Gasteiger partial charge in [-0.05, 0) is 50.1 Å². The maximum atomic E-state index is 8.44. The molecule has 1 aromatic rings. The lowest BCUT2D eigenvalue weighted by atomic mass is 10.3. The van der Waals surface area contributed by atoms with Crippen molar-refractivity contribution >= 4 is 43.3 Å². The topological polar surface area (TPSA) is 72.0 Å². The zero-order valence-electron chi connectivity index (χ0n) is 7.33. The zero-order chi connectivity index (χ0) is 11.3. The average Bonchev–Trinajstić information content (AvgIpc) is 2.24. The number of rotatable bonds is 2. The Bertz CT molecular complexity index is 466. The van der Waals surface area contributed by atoms with Crippen LogP contribution in [0.15, 0.2) is 32.2 Å². The number of halogens is 2. The normalized spacial score (nSPS) is 8.53. The van der Waals surface area contributed by atoms with Gasteiger partial charge in [0.15, 0.2) is 0 Å². The van der Waals surface area contributed by atoms with Crippen LogP contribution in [0.3, 0.4) is 0 Å². The molecule has 0 radical (unpaired) electrons. The number of nitriles is 2. The van der Waals surface area contributed by atoms with Gasteiger partial charge < -0.3 is 0 Å². The van der Waals surface area contributed by atoms with Gasteiger partial charge in [0.1, 0.15) is 12.1 Å². The van der Waals surface area contributed by atoms with Crippen LogP contribution in [0.2, 0.25) is 0 Å². The van der Waals surface area contributed by atoms with Gasteiger partial charge in [-0.25, -0.2) is 0 Å². The van der Waals surface area contributed by atoms with Gasteiger partial charge in [-0.2, -0.15) is 15.6 Å². The minimum atomic E-state index is -0.214. The molecule has 0 aliphatic carbocycles. The highest BCUT2D eigenvalue weighted by atomic mass is 79.9. The average molecular weight is 328 g/mol. The summed E-state index contributed by atoms with van der Waals surface area (Å²) >= 11 is 6.64. The Balaban J connectivity index is 2.84. The molecule has 6 heteroatoms.